The van der Waals surface area contributed by atoms with Gasteiger partial charge >= 0.3 is 5.97 Å². The smallest absolute Gasteiger partial charge is 0.343 e. The lowest BCUT2D eigenvalue weighted by molar-refractivity contribution is 0.0730. The highest BCUT2D eigenvalue weighted by atomic mass is 32.2. The first-order valence-corrected chi connectivity index (χ1v) is 10.2. The van der Waals surface area contributed by atoms with Gasteiger partial charge in [0.15, 0.2) is 0 Å². The van der Waals surface area contributed by atoms with E-state index in [1.165, 1.54) is 28.6 Å². The van der Waals surface area contributed by atoms with Crippen LogP contribution in [0.2, 0.25) is 0 Å². The number of aryl methyl sites for hydroxylation is 2. The number of rotatable bonds is 4. The number of benzene rings is 2. The van der Waals surface area contributed by atoms with E-state index in [2.05, 4.69) is 0 Å². The van der Waals surface area contributed by atoms with E-state index in [-0.39, 0.29) is 4.90 Å². The Hall–Kier alpha value is -2.22. The standard InChI is InChI=1S/C20H23NO5S/c1-14-4-5-15(2)19(16(14)3)26-20(22)17-6-8-18(9-7-17)27(23,24)21-10-12-25-13-11-21/h4-9H,10-13H2,1-3H3. The molecule has 1 aliphatic rings. The molecule has 0 saturated carbocycles. The van der Waals surface area contributed by atoms with E-state index in [4.69, 9.17) is 9.47 Å². The Labute approximate surface area is 159 Å². The van der Waals surface area contributed by atoms with Crippen molar-refractivity contribution in [1.82, 2.24) is 4.31 Å². The minimum atomic E-state index is -3.58. The van der Waals surface area contributed by atoms with E-state index in [1.54, 1.807) is 0 Å². The van der Waals surface area contributed by atoms with E-state index in [0.29, 0.717) is 37.6 Å². The fourth-order valence-electron chi connectivity index (χ4n) is 2.93. The van der Waals surface area contributed by atoms with Crippen molar-refractivity contribution in [3.8, 4) is 5.75 Å². The van der Waals surface area contributed by atoms with Crippen LogP contribution in [0.15, 0.2) is 41.3 Å². The fourth-order valence-corrected chi connectivity index (χ4v) is 4.34. The highest BCUT2D eigenvalue weighted by Gasteiger charge is 2.26. The molecule has 1 heterocycles. The highest BCUT2D eigenvalue weighted by Crippen LogP contribution is 2.27. The number of sulfonamides is 1. The predicted octanol–water partition coefficient (Wildman–Crippen LogP) is 2.85. The summed E-state index contributed by atoms with van der Waals surface area (Å²) in [4.78, 5) is 12.7. The average Bonchev–Trinajstić information content (AvgIpc) is 2.69. The maximum Gasteiger partial charge on any atom is 0.343 e. The molecule has 3 rings (SSSR count). The van der Waals surface area contributed by atoms with Crippen LogP contribution in [0.1, 0.15) is 27.0 Å². The van der Waals surface area contributed by atoms with E-state index in [1.807, 2.05) is 32.9 Å². The molecule has 144 valence electrons. The third-order valence-corrected chi connectivity index (χ3v) is 6.68. The number of morpholine rings is 1. The molecule has 0 radical (unpaired) electrons. The van der Waals surface area contributed by atoms with Crippen LogP contribution >= 0.6 is 0 Å². The zero-order valence-corrected chi connectivity index (χ0v) is 16.5. The Balaban J connectivity index is 1.79. The minimum Gasteiger partial charge on any atom is -0.422 e. The number of nitrogens with zero attached hydrogens (tertiary/aromatic N) is 1. The van der Waals surface area contributed by atoms with Crippen molar-refractivity contribution in [2.75, 3.05) is 26.3 Å². The number of hydrogen-bond acceptors (Lipinski definition) is 5. The van der Waals surface area contributed by atoms with Crippen LogP contribution in [-0.4, -0.2) is 45.0 Å². The second-order valence-electron chi connectivity index (χ2n) is 6.58. The second kappa shape index (κ2) is 7.80. The van der Waals surface area contributed by atoms with Gasteiger partial charge in [0.1, 0.15) is 5.75 Å². The predicted molar refractivity (Wildman–Crippen MR) is 102 cm³/mol. The third-order valence-electron chi connectivity index (χ3n) is 4.77. The Morgan fingerprint density at radius 1 is 0.963 bits per heavy atom. The molecule has 0 aromatic heterocycles. The van der Waals surface area contributed by atoms with Crippen molar-refractivity contribution < 1.29 is 22.7 Å². The van der Waals surface area contributed by atoms with Gasteiger partial charge in [-0.3, -0.25) is 0 Å². The summed E-state index contributed by atoms with van der Waals surface area (Å²) >= 11 is 0. The zero-order valence-electron chi connectivity index (χ0n) is 15.7. The summed E-state index contributed by atoms with van der Waals surface area (Å²) in [6.07, 6.45) is 0. The molecule has 7 heteroatoms. The van der Waals surface area contributed by atoms with Gasteiger partial charge in [-0.05, 0) is 61.7 Å². The molecule has 1 saturated heterocycles. The molecule has 0 unspecified atom stereocenters. The van der Waals surface area contributed by atoms with Crippen molar-refractivity contribution >= 4 is 16.0 Å². The molecule has 0 bridgehead atoms. The lowest BCUT2D eigenvalue weighted by atomic mass is 10.1. The van der Waals surface area contributed by atoms with Gasteiger partial charge in [0.2, 0.25) is 10.0 Å². The van der Waals surface area contributed by atoms with Crippen molar-refractivity contribution in [2.45, 2.75) is 25.7 Å². The molecule has 0 spiro atoms. The summed E-state index contributed by atoms with van der Waals surface area (Å²) in [6, 6.07) is 9.73. The summed E-state index contributed by atoms with van der Waals surface area (Å²) in [5.41, 5.74) is 3.12. The summed E-state index contributed by atoms with van der Waals surface area (Å²) in [7, 11) is -3.58. The molecular weight excluding hydrogens is 366 g/mol. The van der Waals surface area contributed by atoms with Crippen molar-refractivity contribution in [3.63, 3.8) is 0 Å². The summed E-state index contributed by atoms with van der Waals surface area (Å²) in [5.74, 6) is 0.0344. The van der Waals surface area contributed by atoms with Crippen molar-refractivity contribution in [2.24, 2.45) is 0 Å². The van der Waals surface area contributed by atoms with Crippen LogP contribution in [0.5, 0.6) is 5.75 Å². The lowest BCUT2D eigenvalue weighted by Crippen LogP contribution is -2.40. The molecule has 6 nitrogen and oxygen atoms in total. The van der Waals surface area contributed by atoms with Crippen LogP contribution in [0.4, 0.5) is 0 Å². The molecule has 2 aromatic carbocycles. The first-order valence-electron chi connectivity index (χ1n) is 8.77. The topological polar surface area (TPSA) is 72.9 Å². The van der Waals surface area contributed by atoms with Crippen molar-refractivity contribution in [3.05, 3.63) is 58.7 Å². The second-order valence-corrected chi connectivity index (χ2v) is 8.52. The highest BCUT2D eigenvalue weighted by molar-refractivity contribution is 7.89. The summed E-state index contributed by atoms with van der Waals surface area (Å²) < 4.78 is 37.4. The lowest BCUT2D eigenvalue weighted by Gasteiger charge is -2.26. The number of carbonyl (C=O) groups is 1. The number of ether oxygens (including phenoxy) is 2. The third kappa shape index (κ3) is 4.05. The first-order chi connectivity index (χ1) is 12.8. The molecule has 1 fully saturated rings. The SMILES string of the molecule is Cc1ccc(C)c(OC(=O)c2ccc(S(=O)(=O)N3CCOCC3)cc2)c1C. The number of esters is 1. The molecule has 0 amide bonds. The van der Waals surface area contributed by atoms with Crippen LogP contribution in [-0.2, 0) is 14.8 Å². The Morgan fingerprint density at radius 2 is 1.56 bits per heavy atom. The van der Waals surface area contributed by atoms with Crippen molar-refractivity contribution in [1.29, 1.82) is 0 Å². The van der Waals surface area contributed by atoms with Crippen LogP contribution in [0.3, 0.4) is 0 Å². The average molecular weight is 389 g/mol. The molecule has 0 atom stereocenters. The summed E-state index contributed by atoms with van der Waals surface area (Å²) in [5, 5.41) is 0. The van der Waals surface area contributed by atoms with E-state index >= 15 is 0 Å². The minimum absolute atomic E-state index is 0.156. The van der Waals surface area contributed by atoms with Crippen LogP contribution < -0.4 is 4.74 Å². The van der Waals surface area contributed by atoms with Gasteiger partial charge in [-0.25, -0.2) is 13.2 Å². The maximum absolute atomic E-state index is 12.6. The monoisotopic (exact) mass is 389 g/mol. The molecule has 1 aliphatic heterocycles. The van der Waals surface area contributed by atoms with E-state index in [9.17, 15) is 13.2 Å². The van der Waals surface area contributed by atoms with Gasteiger partial charge < -0.3 is 9.47 Å². The van der Waals surface area contributed by atoms with Crippen LogP contribution in [0, 0.1) is 20.8 Å². The number of carbonyl (C=O) groups excluding carboxylic acids is 1. The van der Waals surface area contributed by atoms with E-state index in [0.717, 1.165) is 16.7 Å². The van der Waals surface area contributed by atoms with E-state index < -0.39 is 16.0 Å². The largest absolute Gasteiger partial charge is 0.422 e. The van der Waals surface area contributed by atoms with Gasteiger partial charge in [0.05, 0.1) is 23.7 Å². The molecule has 27 heavy (non-hydrogen) atoms. The van der Waals surface area contributed by atoms with Gasteiger partial charge in [0, 0.05) is 13.1 Å². The maximum atomic E-state index is 12.6. The van der Waals surface area contributed by atoms with Gasteiger partial charge in [-0.2, -0.15) is 4.31 Å². The Kier molecular flexibility index (Phi) is 5.64. The molecule has 0 aliphatic carbocycles. The van der Waals surface area contributed by atoms with Crippen LogP contribution in [0.25, 0.3) is 0 Å². The Bertz CT molecular complexity index is 945. The van der Waals surface area contributed by atoms with Gasteiger partial charge in [-0.1, -0.05) is 12.1 Å². The Morgan fingerprint density at radius 3 is 2.19 bits per heavy atom. The quantitative estimate of drug-likeness (QED) is 0.594. The summed E-state index contributed by atoms with van der Waals surface area (Å²) in [6.45, 7) is 7.18. The van der Waals surface area contributed by atoms with Gasteiger partial charge in [-0.15, -0.1) is 0 Å². The fraction of sp³-hybridized carbons (Fsp3) is 0.350. The zero-order chi connectivity index (χ0) is 19.6. The molecule has 2 aromatic rings. The first kappa shape index (κ1) is 19.5. The van der Waals surface area contributed by atoms with Gasteiger partial charge in [0.25, 0.3) is 0 Å². The normalized spacial score (nSPS) is 15.5. The number of hydrogen-bond donors (Lipinski definition) is 0. The molecular formula is C20H23NO5S. The molecule has 0 N–H and O–H groups in total.